The Balaban J connectivity index is 3.49. The van der Waals surface area contributed by atoms with Crippen molar-refractivity contribution >= 4 is 5.97 Å². The fourth-order valence-corrected chi connectivity index (χ4v) is 0.944. The number of rotatable bonds is 7. The van der Waals surface area contributed by atoms with Crippen LogP contribution in [-0.4, -0.2) is 23.7 Å². The van der Waals surface area contributed by atoms with Gasteiger partial charge in [0.2, 0.25) is 0 Å². The molecule has 0 aliphatic carbocycles. The summed E-state index contributed by atoms with van der Waals surface area (Å²) in [5.74, 6) is -0.197. The highest BCUT2D eigenvalue weighted by Crippen LogP contribution is 2.08. The molecule has 14 heavy (non-hydrogen) atoms. The van der Waals surface area contributed by atoms with Crippen molar-refractivity contribution in [3.63, 3.8) is 0 Å². The summed E-state index contributed by atoms with van der Waals surface area (Å²) in [6.45, 7) is 6.54. The van der Waals surface area contributed by atoms with Crippen molar-refractivity contribution in [2.24, 2.45) is 16.1 Å². The molecule has 0 amide bonds. The van der Waals surface area contributed by atoms with Gasteiger partial charge in [-0.3, -0.25) is 0 Å². The summed E-state index contributed by atoms with van der Waals surface area (Å²) in [4.78, 5) is 10.4. The molecule has 0 aliphatic heterocycles. The van der Waals surface area contributed by atoms with Gasteiger partial charge in [0.1, 0.15) is 0 Å². The quantitative estimate of drug-likeness (QED) is 0.507. The monoisotopic (exact) mass is 200 g/mol. The molecule has 0 aliphatic rings. The Morgan fingerprint density at radius 3 is 2.57 bits per heavy atom. The minimum absolute atomic E-state index is 0.641. The number of nitrogens with zero attached hydrogens (tertiary/aromatic N) is 2. The zero-order valence-electron chi connectivity index (χ0n) is 9.23. The molecule has 0 aromatic rings. The van der Waals surface area contributed by atoms with Crippen LogP contribution in [0.15, 0.2) is 10.2 Å². The van der Waals surface area contributed by atoms with E-state index in [1.807, 2.05) is 0 Å². The highest BCUT2D eigenvalue weighted by molar-refractivity contribution is 5.72. The van der Waals surface area contributed by atoms with Gasteiger partial charge in [-0.1, -0.05) is 20.3 Å². The van der Waals surface area contributed by atoms with Gasteiger partial charge in [0, 0.05) is 0 Å². The van der Waals surface area contributed by atoms with E-state index in [0.717, 1.165) is 18.8 Å². The molecule has 0 aromatic heterocycles. The van der Waals surface area contributed by atoms with Gasteiger partial charge >= 0.3 is 5.97 Å². The third kappa shape index (κ3) is 6.57. The van der Waals surface area contributed by atoms with Crippen LogP contribution in [0, 0.1) is 5.92 Å². The first kappa shape index (κ1) is 13.1. The first-order valence-electron chi connectivity index (χ1n) is 5.17. The topological polar surface area (TPSA) is 62.0 Å². The maximum Gasteiger partial charge on any atom is 0.330 e. The fraction of sp³-hybridized carbons (Fsp3) is 0.900. The minimum atomic E-state index is -0.921. The van der Waals surface area contributed by atoms with Crippen LogP contribution < -0.4 is 0 Å². The fourth-order valence-electron chi connectivity index (χ4n) is 0.944. The number of azo groups is 1. The standard InChI is InChI=1S/C10H20N2O2/c1-4-8(2)6-5-7-11-12-9(3)10(13)14/h8-9H,4-7H2,1-3H3,(H,13,14). The zero-order valence-corrected chi connectivity index (χ0v) is 9.23. The Morgan fingerprint density at radius 2 is 2.07 bits per heavy atom. The van der Waals surface area contributed by atoms with Gasteiger partial charge in [0.15, 0.2) is 6.04 Å². The number of aliphatic carboxylic acids is 1. The highest BCUT2D eigenvalue weighted by Gasteiger charge is 2.07. The Hall–Kier alpha value is -0.930. The molecule has 4 nitrogen and oxygen atoms in total. The van der Waals surface area contributed by atoms with E-state index >= 15 is 0 Å². The lowest BCUT2D eigenvalue weighted by molar-refractivity contribution is -0.138. The predicted octanol–water partition coefficient (Wildman–Crippen LogP) is 2.74. The molecule has 2 atom stereocenters. The molecule has 0 bridgehead atoms. The van der Waals surface area contributed by atoms with Crippen molar-refractivity contribution in [1.82, 2.24) is 0 Å². The maximum atomic E-state index is 10.4. The molecule has 0 rings (SSSR count). The summed E-state index contributed by atoms with van der Waals surface area (Å²) in [7, 11) is 0. The van der Waals surface area contributed by atoms with Crippen molar-refractivity contribution in [3.05, 3.63) is 0 Å². The van der Waals surface area contributed by atoms with Crippen molar-refractivity contribution in [2.45, 2.75) is 46.1 Å². The normalized spacial score (nSPS) is 15.6. The summed E-state index contributed by atoms with van der Waals surface area (Å²) in [6, 6.07) is -0.710. The van der Waals surface area contributed by atoms with Crippen LogP contribution in [0.4, 0.5) is 0 Å². The Morgan fingerprint density at radius 1 is 1.43 bits per heavy atom. The Labute approximate surface area is 85.4 Å². The van der Waals surface area contributed by atoms with Gasteiger partial charge < -0.3 is 5.11 Å². The van der Waals surface area contributed by atoms with Crippen LogP contribution in [-0.2, 0) is 4.79 Å². The highest BCUT2D eigenvalue weighted by atomic mass is 16.4. The van der Waals surface area contributed by atoms with Crippen LogP contribution >= 0.6 is 0 Å². The van der Waals surface area contributed by atoms with Gasteiger partial charge in [-0.15, -0.1) is 0 Å². The van der Waals surface area contributed by atoms with Gasteiger partial charge in [0.05, 0.1) is 6.54 Å². The average molecular weight is 200 g/mol. The van der Waals surface area contributed by atoms with Gasteiger partial charge in [-0.2, -0.15) is 10.2 Å². The molecule has 82 valence electrons. The SMILES string of the molecule is CCC(C)CCCN=NC(C)C(=O)O. The summed E-state index contributed by atoms with van der Waals surface area (Å²) in [5, 5.41) is 16.0. The maximum absolute atomic E-state index is 10.4. The summed E-state index contributed by atoms with van der Waals surface area (Å²) in [5.41, 5.74) is 0. The van der Waals surface area contributed by atoms with E-state index in [1.165, 1.54) is 13.3 Å². The number of carboxylic acid groups (broad SMARTS) is 1. The molecule has 4 heteroatoms. The van der Waals surface area contributed by atoms with Crippen molar-refractivity contribution in [2.75, 3.05) is 6.54 Å². The zero-order chi connectivity index (χ0) is 11.0. The van der Waals surface area contributed by atoms with Crippen LogP contribution in [0.5, 0.6) is 0 Å². The lowest BCUT2D eigenvalue weighted by Gasteiger charge is -2.05. The number of hydrogen-bond acceptors (Lipinski definition) is 3. The Bertz CT molecular complexity index is 193. The van der Waals surface area contributed by atoms with E-state index in [-0.39, 0.29) is 0 Å². The Kier molecular flexibility index (Phi) is 6.98. The second-order valence-electron chi connectivity index (χ2n) is 3.65. The number of hydrogen-bond donors (Lipinski definition) is 1. The molecule has 1 N–H and O–H groups in total. The average Bonchev–Trinajstić information content (AvgIpc) is 2.16. The lowest BCUT2D eigenvalue weighted by atomic mass is 10.0. The second-order valence-corrected chi connectivity index (χ2v) is 3.65. The van der Waals surface area contributed by atoms with E-state index in [9.17, 15) is 4.79 Å². The predicted molar refractivity (Wildman–Crippen MR) is 55.5 cm³/mol. The van der Waals surface area contributed by atoms with Crippen LogP contribution in [0.2, 0.25) is 0 Å². The molecule has 0 radical (unpaired) electrons. The third-order valence-corrected chi connectivity index (χ3v) is 2.26. The van der Waals surface area contributed by atoms with E-state index in [0.29, 0.717) is 6.54 Å². The number of carboxylic acids is 1. The van der Waals surface area contributed by atoms with Gasteiger partial charge in [0.25, 0.3) is 0 Å². The minimum Gasteiger partial charge on any atom is -0.480 e. The molecule has 0 aromatic carbocycles. The molecule has 0 saturated carbocycles. The number of carbonyl (C=O) groups is 1. The summed E-state index contributed by atoms with van der Waals surface area (Å²) >= 11 is 0. The molecule has 2 unspecified atom stereocenters. The smallest absolute Gasteiger partial charge is 0.330 e. The molecule has 0 spiro atoms. The van der Waals surface area contributed by atoms with E-state index < -0.39 is 12.0 Å². The largest absolute Gasteiger partial charge is 0.480 e. The molecule has 0 heterocycles. The van der Waals surface area contributed by atoms with Crippen molar-refractivity contribution in [3.8, 4) is 0 Å². The molecular formula is C10H20N2O2. The van der Waals surface area contributed by atoms with Crippen molar-refractivity contribution in [1.29, 1.82) is 0 Å². The lowest BCUT2D eigenvalue weighted by Crippen LogP contribution is -2.12. The van der Waals surface area contributed by atoms with E-state index in [2.05, 4.69) is 24.1 Å². The van der Waals surface area contributed by atoms with Crippen molar-refractivity contribution < 1.29 is 9.90 Å². The van der Waals surface area contributed by atoms with E-state index in [4.69, 9.17) is 5.11 Å². The van der Waals surface area contributed by atoms with E-state index in [1.54, 1.807) is 0 Å². The van der Waals surface area contributed by atoms with Crippen LogP contribution in [0.3, 0.4) is 0 Å². The van der Waals surface area contributed by atoms with Crippen LogP contribution in [0.1, 0.15) is 40.0 Å². The first-order valence-corrected chi connectivity index (χ1v) is 5.17. The first-order chi connectivity index (χ1) is 6.57. The summed E-state index contributed by atoms with van der Waals surface area (Å²) in [6.07, 6.45) is 3.31. The van der Waals surface area contributed by atoms with Gasteiger partial charge in [-0.25, -0.2) is 4.79 Å². The molecule has 0 fully saturated rings. The second kappa shape index (κ2) is 7.47. The van der Waals surface area contributed by atoms with Gasteiger partial charge in [-0.05, 0) is 25.7 Å². The molecule has 0 saturated heterocycles. The summed E-state index contributed by atoms with van der Waals surface area (Å²) < 4.78 is 0. The molecular weight excluding hydrogens is 180 g/mol. The third-order valence-electron chi connectivity index (χ3n) is 2.26. The van der Waals surface area contributed by atoms with Crippen LogP contribution in [0.25, 0.3) is 0 Å².